The largest absolute Gasteiger partial charge is 0.357 e. The van der Waals surface area contributed by atoms with Crippen molar-refractivity contribution in [1.29, 1.82) is 0 Å². The van der Waals surface area contributed by atoms with Crippen LogP contribution in [0.3, 0.4) is 0 Å². The third-order valence-electron chi connectivity index (χ3n) is 5.05. The Hall–Kier alpha value is -2.13. The summed E-state index contributed by atoms with van der Waals surface area (Å²) in [5, 5.41) is 1.06. The zero-order valence-corrected chi connectivity index (χ0v) is 13.9. The molecule has 1 aliphatic rings. The number of aromatic nitrogens is 1. The molecule has 24 heavy (non-hydrogen) atoms. The quantitative estimate of drug-likeness (QED) is 0.675. The van der Waals surface area contributed by atoms with E-state index in [0.29, 0.717) is 0 Å². The van der Waals surface area contributed by atoms with Crippen LogP contribution in [0.2, 0.25) is 0 Å². The molecule has 0 radical (unpaired) electrons. The Morgan fingerprint density at radius 1 is 1.04 bits per heavy atom. The van der Waals surface area contributed by atoms with Gasteiger partial charge in [-0.25, -0.2) is 4.39 Å². The van der Waals surface area contributed by atoms with Gasteiger partial charge in [0.1, 0.15) is 5.82 Å². The van der Waals surface area contributed by atoms with Crippen molar-refractivity contribution in [3.63, 3.8) is 0 Å². The Balaban J connectivity index is 1.34. The molecule has 0 saturated carbocycles. The molecule has 1 aliphatic heterocycles. The van der Waals surface area contributed by atoms with E-state index < -0.39 is 0 Å². The van der Waals surface area contributed by atoms with E-state index in [1.165, 1.54) is 35.7 Å². The minimum Gasteiger partial charge on any atom is -0.357 e. The van der Waals surface area contributed by atoms with Crippen LogP contribution >= 0.6 is 0 Å². The molecule has 1 N–H and O–H groups in total. The lowest BCUT2D eigenvalue weighted by Crippen LogP contribution is -2.31. The summed E-state index contributed by atoms with van der Waals surface area (Å²) in [4.78, 5) is 5.99. The van der Waals surface area contributed by atoms with E-state index in [1.807, 2.05) is 6.07 Å². The first kappa shape index (κ1) is 15.4. The van der Waals surface area contributed by atoms with Crippen LogP contribution in [0.5, 0.6) is 0 Å². The Morgan fingerprint density at radius 2 is 1.92 bits per heavy atom. The summed E-state index contributed by atoms with van der Waals surface area (Å²) in [6.07, 6.45) is 4.62. The second-order valence-electron chi connectivity index (χ2n) is 6.74. The number of H-pyrrole nitrogens is 1. The van der Waals surface area contributed by atoms with Crippen LogP contribution in [0.1, 0.15) is 29.7 Å². The lowest BCUT2D eigenvalue weighted by molar-refractivity contribution is 0.247. The number of nitrogens with one attached hydrogen (secondary N) is 1. The van der Waals surface area contributed by atoms with E-state index in [2.05, 4.69) is 40.2 Å². The molecule has 3 aromatic rings. The van der Waals surface area contributed by atoms with E-state index in [0.717, 1.165) is 43.4 Å². The number of unbranched alkanes of at least 4 members (excludes halogenated alkanes) is 1. The molecule has 3 heteroatoms. The highest BCUT2D eigenvalue weighted by molar-refractivity contribution is 5.85. The summed E-state index contributed by atoms with van der Waals surface area (Å²) in [6.45, 7) is 3.16. The van der Waals surface area contributed by atoms with Gasteiger partial charge in [0.25, 0.3) is 0 Å². The van der Waals surface area contributed by atoms with Crippen molar-refractivity contribution in [1.82, 2.24) is 9.88 Å². The number of hydrogen-bond acceptors (Lipinski definition) is 1. The normalized spacial score (nSPS) is 14.9. The second kappa shape index (κ2) is 6.78. The fraction of sp³-hybridized carbons (Fsp3) is 0.333. The first-order valence-electron chi connectivity index (χ1n) is 8.85. The molecule has 2 aromatic carbocycles. The third-order valence-corrected chi connectivity index (χ3v) is 5.05. The number of nitrogens with zero attached hydrogens (tertiary/aromatic N) is 1. The van der Waals surface area contributed by atoms with Crippen molar-refractivity contribution in [3.05, 3.63) is 71.2 Å². The van der Waals surface area contributed by atoms with Gasteiger partial charge >= 0.3 is 0 Å². The van der Waals surface area contributed by atoms with Crippen LogP contribution in [-0.2, 0) is 19.4 Å². The van der Waals surface area contributed by atoms with Gasteiger partial charge in [0.05, 0.1) is 0 Å². The SMILES string of the molecule is Fc1ccc2[nH]c3c(c2c1)CCN(CCCCc1ccccc1)C3. The summed E-state index contributed by atoms with van der Waals surface area (Å²) in [6, 6.07) is 15.8. The third kappa shape index (κ3) is 3.22. The highest BCUT2D eigenvalue weighted by Gasteiger charge is 2.20. The van der Waals surface area contributed by atoms with Gasteiger partial charge in [-0.15, -0.1) is 0 Å². The van der Waals surface area contributed by atoms with Crippen molar-refractivity contribution < 1.29 is 4.39 Å². The van der Waals surface area contributed by atoms with Crippen molar-refractivity contribution in [2.45, 2.75) is 32.2 Å². The molecule has 0 amide bonds. The molecule has 0 aliphatic carbocycles. The molecule has 2 heterocycles. The molecular weight excluding hydrogens is 299 g/mol. The number of aryl methyl sites for hydroxylation is 1. The van der Waals surface area contributed by atoms with Gasteiger partial charge in [-0.05, 0) is 61.6 Å². The minimum atomic E-state index is -0.146. The fourth-order valence-electron chi connectivity index (χ4n) is 3.77. The maximum atomic E-state index is 13.5. The lowest BCUT2D eigenvalue weighted by Gasteiger charge is -2.26. The molecule has 1 aromatic heterocycles. The molecular formula is C21H23FN2. The van der Waals surface area contributed by atoms with Crippen LogP contribution in [0.15, 0.2) is 48.5 Å². The van der Waals surface area contributed by atoms with Crippen LogP contribution in [-0.4, -0.2) is 23.0 Å². The van der Waals surface area contributed by atoms with Gasteiger partial charge < -0.3 is 4.98 Å². The van der Waals surface area contributed by atoms with E-state index in [9.17, 15) is 4.39 Å². The van der Waals surface area contributed by atoms with Crippen LogP contribution in [0.25, 0.3) is 10.9 Å². The standard InChI is InChI=1S/C21H23FN2/c22-17-9-10-20-19(14-17)18-11-13-24(15-21(18)23-20)12-5-4-8-16-6-2-1-3-7-16/h1-3,6-7,9-10,14,23H,4-5,8,11-13,15H2. The zero-order chi connectivity index (χ0) is 16.4. The molecule has 2 nitrogen and oxygen atoms in total. The average Bonchev–Trinajstić information content (AvgIpc) is 2.97. The summed E-state index contributed by atoms with van der Waals surface area (Å²) >= 11 is 0. The average molecular weight is 322 g/mol. The summed E-state index contributed by atoms with van der Waals surface area (Å²) in [5.74, 6) is -0.146. The van der Waals surface area contributed by atoms with Gasteiger partial charge in [0, 0.05) is 29.7 Å². The van der Waals surface area contributed by atoms with Gasteiger partial charge in [0.15, 0.2) is 0 Å². The highest BCUT2D eigenvalue weighted by atomic mass is 19.1. The fourth-order valence-corrected chi connectivity index (χ4v) is 3.77. The summed E-state index contributed by atoms with van der Waals surface area (Å²) in [7, 11) is 0. The number of hydrogen-bond donors (Lipinski definition) is 1. The summed E-state index contributed by atoms with van der Waals surface area (Å²) in [5.41, 5.74) is 5.07. The predicted molar refractivity (Wildman–Crippen MR) is 96.6 cm³/mol. The molecule has 0 fully saturated rings. The van der Waals surface area contributed by atoms with Gasteiger partial charge in [-0.1, -0.05) is 30.3 Å². The highest BCUT2D eigenvalue weighted by Crippen LogP contribution is 2.28. The molecule has 4 rings (SSSR count). The van der Waals surface area contributed by atoms with Crippen molar-refractivity contribution in [2.75, 3.05) is 13.1 Å². The maximum absolute atomic E-state index is 13.5. The monoisotopic (exact) mass is 322 g/mol. The first-order chi connectivity index (χ1) is 11.8. The molecule has 0 spiro atoms. The molecule has 124 valence electrons. The predicted octanol–water partition coefficient (Wildman–Crippen LogP) is 4.69. The van der Waals surface area contributed by atoms with Gasteiger partial charge in [-0.3, -0.25) is 4.90 Å². The number of fused-ring (bicyclic) bond motifs is 3. The molecule has 0 unspecified atom stereocenters. The number of rotatable bonds is 5. The Morgan fingerprint density at radius 3 is 2.79 bits per heavy atom. The minimum absolute atomic E-state index is 0.146. The van der Waals surface area contributed by atoms with Crippen molar-refractivity contribution >= 4 is 10.9 Å². The molecule has 0 saturated heterocycles. The second-order valence-corrected chi connectivity index (χ2v) is 6.74. The maximum Gasteiger partial charge on any atom is 0.123 e. The Labute approximate surface area is 142 Å². The number of halogens is 1. The van der Waals surface area contributed by atoms with E-state index in [-0.39, 0.29) is 5.82 Å². The molecule has 0 atom stereocenters. The Bertz CT molecular complexity index is 822. The number of aromatic amines is 1. The van der Waals surface area contributed by atoms with Crippen LogP contribution in [0.4, 0.5) is 4.39 Å². The molecule has 0 bridgehead atoms. The summed E-state index contributed by atoms with van der Waals surface area (Å²) < 4.78 is 13.5. The number of benzene rings is 2. The van der Waals surface area contributed by atoms with E-state index >= 15 is 0 Å². The van der Waals surface area contributed by atoms with Crippen LogP contribution < -0.4 is 0 Å². The smallest absolute Gasteiger partial charge is 0.123 e. The van der Waals surface area contributed by atoms with Crippen molar-refractivity contribution in [2.24, 2.45) is 0 Å². The van der Waals surface area contributed by atoms with E-state index in [1.54, 1.807) is 6.07 Å². The Kier molecular flexibility index (Phi) is 4.35. The van der Waals surface area contributed by atoms with Gasteiger partial charge in [0.2, 0.25) is 0 Å². The van der Waals surface area contributed by atoms with E-state index in [4.69, 9.17) is 0 Å². The first-order valence-corrected chi connectivity index (χ1v) is 8.85. The topological polar surface area (TPSA) is 19.0 Å². The zero-order valence-electron chi connectivity index (χ0n) is 13.9. The van der Waals surface area contributed by atoms with Gasteiger partial charge in [-0.2, -0.15) is 0 Å². The lowest BCUT2D eigenvalue weighted by atomic mass is 10.0. The van der Waals surface area contributed by atoms with Crippen molar-refractivity contribution in [3.8, 4) is 0 Å². The van der Waals surface area contributed by atoms with Crippen LogP contribution in [0, 0.1) is 5.82 Å².